The van der Waals surface area contributed by atoms with Crippen LogP contribution < -0.4 is 5.32 Å². The van der Waals surface area contributed by atoms with Crippen LogP contribution >= 0.6 is 11.6 Å². The van der Waals surface area contributed by atoms with Crippen LogP contribution in [0.3, 0.4) is 0 Å². The first-order valence-electron chi connectivity index (χ1n) is 7.31. The second-order valence-corrected chi connectivity index (χ2v) is 7.94. The Kier molecular flexibility index (Phi) is 2.93. The van der Waals surface area contributed by atoms with Crippen LogP contribution in [-0.2, 0) is 4.79 Å². The van der Waals surface area contributed by atoms with Crippen molar-refractivity contribution in [3.63, 3.8) is 0 Å². The molecule has 4 saturated carbocycles. The lowest BCUT2D eigenvalue weighted by Crippen LogP contribution is -2.61. The van der Waals surface area contributed by atoms with E-state index in [1.165, 1.54) is 38.5 Å². The zero-order valence-electron chi connectivity index (χ0n) is 11.5. The molecule has 3 heteroatoms. The van der Waals surface area contributed by atoms with Crippen LogP contribution in [0.1, 0.15) is 52.4 Å². The SMILES string of the molecule is CC(C)(CCl)C(=O)NC12CC3CC(CC(C3)C1)C2. The molecule has 4 bridgehead atoms. The number of rotatable bonds is 3. The van der Waals surface area contributed by atoms with Gasteiger partial charge in [-0.3, -0.25) is 4.79 Å². The number of halogens is 1. The fraction of sp³-hybridized carbons (Fsp3) is 0.933. The molecule has 102 valence electrons. The molecular weight excluding hydrogens is 246 g/mol. The molecule has 1 amide bonds. The van der Waals surface area contributed by atoms with Gasteiger partial charge in [0.15, 0.2) is 0 Å². The minimum absolute atomic E-state index is 0.120. The van der Waals surface area contributed by atoms with Gasteiger partial charge < -0.3 is 5.32 Å². The third-order valence-corrected chi connectivity index (χ3v) is 6.03. The third kappa shape index (κ3) is 2.07. The highest BCUT2D eigenvalue weighted by molar-refractivity contribution is 6.19. The van der Waals surface area contributed by atoms with Crippen LogP contribution in [0, 0.1) is 23.2 Å². The van der Waals surface area contributed by atoms with Gasteiger partial charge in [0.25, 0.3) is 0 Å². The molecule has 0 radical (unpaired) electrons. The van der Waals surface area contributed by atoms with Gasteiger partial charge in [-0.1, -0.05) is 0 Å². The minimum atomic E-state index is -0.440. The Morgan fingerprint density at radius 3 is 2.00 bits per heavy atom. The van der Waals surface area contributed by atoms with Crippen molar-refractivity contribution in [1.29, 1.82) is 0 Å². The number of nitrogens with one attached hydrogen (secondary N) is 1. The Morgan fingerprint density at radius 2 is 1.61 bits per heavy atom. The van der Waals surface area contributed by atoms with E-state index >= 15 is 0 Å². The number of amides is 1. The van der Waals surface area contributed by atoms with Crippen molar-refractivity contribution in [3.8, 4) is 0 Å². The lowest BCUT2D eigenvalue weighted by molar-refractivity contribution is -0.134. The van der Waals surface area contributed by atoms with Crippen molar-refractivity contribution in [1.82, 2.24) is 5.32 Å². The predicted octanol–water partition coefficient (Wildman–Crippen LogP) is 3.34. The van der Waals surface area contributed by atoms with Crippen molar-refractivity contribution in [2.24, 2.45) is 23.2 Å². The molecule has 0 atom stereocenters. The van der Waals surface area contributed by atoms with Gasteiger partial charge in [0.1, 0.15) is 0 Å². The molecule has 4 aliphatic rings. The summed E-state index contributed by atoms with van der Waals surface area (Å²) in [4.78, 5) is 12.4. The van der Waals surface area contributed by atoms with E-state index in [-0.39, 0.29) is 11.4 Å². The molecule has 18 heavy (non-hydrogen) atoms. The standard InChI is InChI=1S/C15H24ClNO/c1-14(2,9-16)13(18)17-15-6-10-3-11(7-15)5-12(4-10)8-15/h10-12H,3-9H2,1-2H3,(H,17,18). The maximum Gasteiger partial charge on any atom is 0.227 e. The molecule has 0 heterocycles. The maximum absolute atomic E-state index is 12.4. The van der Waals surface area contributed by atoms with Crippen molar-refractivity contribution >= 4 is 17.5 Å². The van der Waals surface area contributed by atoms with Crippen LogP contribution in [0.15, 0.2) is 0 Å². The third-order valence-electron chi connectivity index (χ3n) is 5.37. The van der Waals surface area contributed by atoms with Crippen molar-refractivity contribution in [2.45, 2.75) is 57.9 Å². The van der Waals surface area contributed by atoms with E-state index < -0.39 is 5.41 Å². The van der Waals surface area contributed by atoms with E-state index in [1.54, 1.807) is 0 Å². The summed E-state index contributed by atoms with van der Waals surface area (Å²) in [5.41, 5.74) is -0.319. The zero-order chi connectivity index (χ0) is 13.0. The van der Waals surface area contributed by atoms with Crippen molar-refractivity contribution in [2.75, 3.05) is 5.88 Å². The topological polar surface area (TPSA) is 29.1 Å². The van der Waals surface area contributed by atoms with Crippen molar-refractivity contribution < 1.29 is 4.79 Å². The summed E-state index contributed by atoms with van der Waals surface area (Å²) in [5, 5.41) is 3.39. The first-order valence-corrected chi connectivity index (χ1v) is 7.84. The molecular formula is C15H24ClNO. The average Bonchev–Trinajstić information content (AvgIpc) is 2.26. The molecule has 0 aliphatic heterocycles. The molecule has 0 aromatic heterocycles. The number of alkyl halides is 1. The summed E-state index contributed by atoms with van der Waals surface area (Å²) in [7, 11) is 0. The maximum atomic E-state index is 12.4. The van der Waals surface area contributed by atoms with E-state index in [0.29, 0.717) is 5.88 Å². The van der Waals surface area contributed by atoms with Crippen molar-refractivity contribution in [3.05, 3.63) is 0 Å². The summed E-state index contributed by atoms with van der Waals surface area (Å²) in [5.74, 6) is 3.16. The van der Waals surface area contributed by atoms with Gasteiger partial charge in [-0.2, -0.15) is 0 Å². The summed E-state index contributed by atoms with van der Waals surface area (Å²) < 4.78 is 0. The van der Waals surface area contributed by atoms with E-state index in [1.807, 2.05) is 13.8 Å². The number of carbonyl (C=O) groups is 1. The Bertz CT molecular complexity index is 328. The predicted molar refractivity (Wildman–Crippen MR) is 73.5 cm³/mol. The minimum Gasteiger partial charge on any atom is -0.350 e. The van der Waals surface area contributed by atoms with Gasteiger partial charge >= 0.3 is 0 Å². The molecule has 0 aromatic carbocycles. The molecule has 0 aromatic rings. The fourth-order valence-corrected chi connectivity index (χ4v) is 4.86. The number of hydrogen-bond acceptors (Lipinski definition) is 1. The number of hydrogen-bond donors (Lipinski definition) is 1. The Balaban J connectivity index is 1.74. The van der Waals surface area contributed by atoms with E-state index in [0.717, 1.165) is 17.8 Å². The average molecular weight is 270 g/mol. The second-order valence-electron chi connectivity index (χ2n) is 7.67. The Labute approximate surface area is 115 Å². The smallest absolute Gasteiger partial charge is 0.227 e. The summed E-state index contributed by atoms with van der Waals surface area (Å²) in [6.07, 6.45) is 7.87. The van der Waals surface area contributed by atoms with Gasteiger partial charge in [0, 0.05) is 11.4 Å². The lowest BCUT2D eigenvalue weighted by Gasteiger charge is -2.57. The Hall–Kier alpha value is -0.240. The van der Waals surface area contributed by atoms with Gasteiger partial charge in [0.05, 0.1) is 5.41 Å². The summed E-state index contributed by atoms with van der Waals surface area (Å²) >= 11 is 5.91. The van der Waals surface area contributed by atoms with Crippen LogP contribution in [-0.4, -0.2) is 17.3 Å². The van der Waals surface area contributed by atoms with Crippen LogP contribution in [0.25, 0.3) is 0 Å². The molecule has 0 saturated heterocycles. The molecule has 0 spiro atoms. The van der Waals surface area contributed by atoms with Gasteiger partial charge in [-0.25, -0.2) is 0 Å². The molecule has 4 fully saturated rings. The summed E-state index contributed by atoms with van der Waals surface area (Å²) in [6.45, 7) is 3.88. The molecule has 1 N–H and O–H groups in total. The first kappa shape index (κ1) is 12.8. The molecule has 0 unspecified atom stereocenters. The zero-order valence-corrected chi connectivity index (χ0v) is 12.2. The molecule has 4 aliphatic carbocycles. The van der Waals surface area contributed by atoms with E-state index in [2.05, 4.69) is 5.32 Å². The van der Waals surface area contributed by atoms with E-state index in [4.69, 9.17) is 11.6 Å². The van der Waals surface area contributed by atoms with Crippen LogP contribution in [0.2, 0.25) is 0 Å². The fourth-order valence-electron chi connectivity index (χ4n) is 4.73. The van der Waals surface area contributed by atoms with Gasteiger partial charge in [0.2, 0.25) is 5.91 Å². The molecule has 4 rings (SSSR count). The highest BCUT2D eigenvalue weighted by Crippen LogP contribution is 2.55. The van der Waals surface area contributed by atoms with E-state index in [9.17, 15) is 4.79 Å². The Morgan fingerprint density at radius 1 is 1.17 bits per heavy atom. The first-order chi connectivity index (χ1) is 8.42. The largest absolute Gasteiger partial charge is 0.350 e. The second kappa shape index (κ2) is 4.13. The molecule has 2 nitrogen and oxygen atoms in total. The summed E-state index contributed by atoms with van der Waals surface area (Å²) in [6, 6.07) is 0. The van der Waals surface area contributed by atoms with Crippen LogP contribution in [0.4, 0.5) is 0 Å². The van der Waals surface area contributed by atoms with Crippen LogP contribution in [0.5, 0.6) is 0 Å². The monoisotopic (exact) mass is 269 g/mol. The van der Waals surface area contributed by atoms with Gasteiger partial charge in [-0.05, 0) is 70.1 Å². The highest BCUT2D eigenvalue weighted by Gasteiger charge is 2.52. The number of carbonyl (C=O) groups excluding carboxylic acids is 1. The quantitative estimate of drug-likeness (QED) is 0.783. The lowest BCUT2D eigenvalue weighted by atomic mass is 9.53. The highest BCUT2D eigenvalue weighted by atomic mass is 35.5. The van der Waals surface area contributed by atoms with Gasteiger partial charge in [-0.15, -0.1) is 11.6 Å². The normalized spacial score (nSPS) is 42.1.